The Morgan fingerprint density at radius 2 is 2.36 bits per heavy atom. The molecular weight excluding hydrogens is 196 g/mol. The van der Waals surface area contributed by atoms with E-state index in [2.05, 4.69) is 12.6 Å². The molecular formula is C11H11ClN2. The van der Waals surface area contributed by atoms with Crippen LogP contribution in [0.1, 0.15) is 23.6 Å². The molecule has 0 aliphatic rings. The Morgan fingerprint density at radius 1 is 1.64 bits per heavy atom. The van der Waals surface area contributed by atoms with Crippen molar-refractivity contribution in [1.29, 1.82) is 5.26 Å². The van der Waals surface area contributed by atoms with Crippen LogP contribution < -0.4 is 5.73 Å². The molecule has 1 rings (SSSR count). The third kappa shape index (κ3) is 2.14. The minimum atomic E-state index is -0.254. The summed E-state index contributed by atoms with van der Waals surface area (Å²) in [6.07, 6.45) is 2.33. The SMILES string of the molecule is C=CC[C@@H](N)c1c(Cl)cccc1C#N. The van der Waals surface area contributed by atoms with E-state index in [1.807, 2.05) is 0 Å². The maximum absolute atomic E-state index is 8.87. The fourth-order valence-corrected chi connectivity index (χ4v) is 1.62. The standard InChI is InChI=1S/C11H11ClN2/c1-2-4-10(14)11-8(7-13)5-3-6-9(11)12/h2-3,5-6,10H,1,4,14H2/t10-/m1/s1. The molecule has 14 heavy (non-hydrogen) atoms. The van der Waals surface area contributed by atoms with Gasteiger partial charge in [-0.3, -0.25) is 0 Å². The Kier molecular flexibility index (Phi) is 3.70. The number of nitrogens with zero attached hydrogens (tertiary/aromatic N) is 1. The maximum Gasteiger partial charge on any atom is 0.0995 e. The number of halogens is 1. The van der Waals surface area contributed by atoms with Crippen LogP contribution in [0.3, 0.4) is 0 Å². The maximum atomic E-state index is 8.87. The average molecular weight is 207 g/mol. The number of rotatable bonds is 3. The van der Waals surface area contributed by atoms with E-state index in [1.54, 1.807) is 24.3 Å². The molecule has 0 aliphatic carbocycles. The van der Waals surface area contributed by atoms with Crippen molar-refractivity contribution in [3.05, 3.63) is 47.0 Å². The highest BCUT2D eigenvalue weighted by molar-refractivity contribution is 6.31. The van der Waals surface area contributed by atoms with Crippen LogP contribution in [0, 0.1) is 11.3 Å². The molecule has 0 aromatic heterocycles. The predicted octanol–water partition coefficient (Wildman–Crippen LogP) is 2.79. The van der Waals surface area contributed by atoms with Gasteiger partial charge in [-0.05, 0) is 18.6 Å². The van der Waals surface area contributed by atoms with Gasteiger partial charge in [-0.25, -0.2) is 0 Å². The van der Waals surface area contributed by atoms with Crippen LogP contribution in [0.15, 0.2) is 30.9 Å². The van der Waals surface area contributed by atoms with Gasteiger partial charge >= 0.3 is 0 Å². The molecule has 2 N–H and O–H groups in total. The molecule has 0 fully saturated rings. The number of hydrogen-bond donors (Lipinski definition) is 1. The van der Waals surface area contributed by atoms with E-state index in [0.29, 0.717) is 22.6 Å². The summed E-state index contributed by atoms with van der Waals surface area (Å²) >= 11 is 5.97. The molecule has 0 bridgehead atoms. The van der Waals surface area contributed by atoms with E-state index in [-0.39, 0.29) is 6.04 Å². The second kappa shape index (κ2) is 4.80. The third-order valence-electron chi connectivity index (χ3n) is 1.96. The summed E-state index contributed by atoms with van der Waals surface area (Å²) in [6, 6.07) is 7.01. The van der Waals surface area contributed by atoms with Gasteiger partial charge in [0.2, 0.25) is 0 Å². The lowest BCUT2D eigenvalue weighted by Crippen LogP contribution is -2.11. The van der Waals surface area contributed by atoms with Gasteiger partial charge in [0.1, 0.15) is 0 Å². The zero-order valence-electron chi connectivity index (χ0n) is 7.70. The molecule has 1 atom stereocenters. The van der Waals surface area contributed by atoms with E-state index >= 15 is 0 Å². The second-order valence-electron chi connectivity index (χ2n) is 2.94. The van der Waals surface area contributed by atoms with Crippen molar-refractivity contribution >= 4 is 11.6 Å². The first kappa shape index (κ1) is 10.8. The van der Waals surface area contributed by atoms with Gasteiger partial charge in [0.15, 0.2) is 0 Å². The predicted molar refractivity (Wildman–Crippen MR) is 57.9 cm³/mol. The van der Waals surface area contributed by atoms with Gasteiger partial charge in [0.05, 0.1) is 11.6 Å². The van der Waals surface area contributed by atoms with Crippen LogP contribution in [0.5, 0.6) is 0 Å². The summed E-state index contributed by atoms with van der Waals surface area (Å²) in [5.41, 5.74) is 7.12. The monoisotopic (exact) mass is 206 g/mol. The molecule has 0 saturated carbocycles. The largest absolute Gasteiger partial charge is 0.324 e. The van der Waals surface area contributed by atoms with Gasteiger partial charge < -0.3 is 5.73 Å². The Bertz CT molecular complexity index is 379. The number of nitrogens with two attached hydrogens (primary N) is 1. The van der Waals surface area contributed by atoms with E-state index < -0.39 is 0 Å². The highest BCUT2D eigenvalue weighted by Gasteiger charge is 2.13. The Hall–Kier alpha value is -1.30. The number of nitriles is 1. The summed E-state index contributed by atoms with van der Waals surface area (Å²) in [7, 11) is 0. The van der Waals surface area contributed by atoms with E-state index in [9.17, 15) is 0 Å². The zero-order chi connectivity index (χ0) is 10.6. The Labute approximate surface area is 88.6 Å². The van der Waals surface area contributed by atoms with Gasteiger partial charge in [-0.1, -0.05) is 23.7 Å². The molecule has 0 saturated heterocycles. The van der Waals surface area contributed by atoms with Crippen LogP contribution in [0.4, 0.5) is 0 Å². The van der Waals surface area contributed by atoms with Gasteiger partial charge in [-0.2, -0.15) is 5.26 Å². The number of hydrogen-bond acceptors (Lipinski definition) is 2. The van der Waals surface area contributed by atoms with Gasteiger partial charge in [-0.15, -0.1) is 6.58 Å². The summed E-state index contributed by atoms with van der Waals surface area (Å²) in [4.78, 5) is 0. The summed E-state index contributed by atoms with van der Waals surface area (Å²) < 4.78 is 0. The van der Waals surface area contributed by atoms with E-state index in [4.69, 9.17) is 22.6 Å². The molecule has 72 valence electrons. The van der Waals surface area contributed by atoms with E-state index in [0.717, 1.165) is 0 Å². The third-order valence-corrected chi connectivity index (χ3v) is 2.29. The van der Waals surface area contributed by atoms with Crippen molar-refractivity contribution < 1.29 is 0 Å². The van der Waals surface area contributed by atoms with Crippen LogP contribution in [0.2, 0.25) is 5.02 Å². The molecule has 0 amide bonds. The first-order chi connectivity index (χ1) is 6.70. The van der Waals surface area contributed by atoms with Crippen molar-refractivity contribution in [3.63, 3.8) is 0 Å². The lowest BCUT2D eigenvalue weighted by atomic mass is 9.99. The summed E-state index contributed by atoms with van der Waals surface area (Å²) in [5.74, 6) is 0. The molecule has 1 aromatic rings. The Balaban J connectivity index is 3.17. The lowest BCUT2D eigenvalue weighted by molar-refractivity contribution is 0.740. The highest BCUT2D eigenvalue weighted by Crippen LogP contribution is 2.26. The number of benzene rings is 1. The highest BCUT2D eigenvalue weighted by atomic mass is 35.5. The lowest BCUT2D eigenvalue weighted by Gasteiger charge is -2.12. The van der Waals surface area contributed by atoms with Crippen molar-refractivity contribution in [2.24, 2.45) is 5.73 Å². The van der Waals surface area contributed by atoms with Gasteiger partial charge in [0, 0.05) is 16.6 Å². The molecule has 2 nitrogen and oxygen atoms in total. The van der Waals surface area contributed by atoms with Crippen molar-refractivity contribution in [2.75, 3.05) is 0 Å². The van der Waals surface area contributed by atoms with Crippen LogP contribution in [-0.4, -0.2) is 0 Å². The second-order valence-corrected chi connectivity index (χ2v) is 3.35. The summed E-state index contributed by atoms with van der Waals surface area (Å²) in [6.45, 7) is 3.61. The van der Waals surface area contributed by atoms with Crippen molar-refractivity contribution in [1.82, 2.24) is 0 Å². The first-order valence-electron chi connectivity index (χ1n) is 4.25. The quantitative estimate of drug-likeness (QED) is 0.774. The van der Waals surface area contributed by atoms with Crippen molar-refractivity contribution in [2.45, 2.75) is 12.5 Å². The fourth-order valence-electron chi connectivity index (χ4n) is 1.31. The normalized spacial score (nSPS) is 11.8. The fraction of sp³-hybridized carbons (Fsp3) is 0.182. The molecule has 0 radical (unpaired) electrons. The summed E-state index contributed by atoms with van der Waals surface area (Å²) in [5, 5.41) is 9.41. The molecule has 0 aliphatic heterocycles. The molecule has 3 heteroatoms. The minimum absolute atomic E-state index is 0.254. The molecule has 1 aromatic carbocycles. The van der Waals surface area contributed by atoms with E-state index in [1.165, 1.54) is 0 Å². The van der Waals surface area contributed by atoms with Crippen molar-refractivity contribution in [3.8, 4) is 6.07 Å². The zero-order valence-corrected chi connectivity index (χ0v) is 8.46. The molecule has 0 unspecified atom stereocenters. The molecule has 0 heterocycles. The smallest absolute Gasteiger partial charge is 0.0995 e. The van der Waals surface area contributed by atoms with Crippen LogP contribution in [0.25, 0.3) is 0 Å². The topological polar surface area (TPSA) is 49.8 Å². The minimum Gasteiger partial charge on any atom is -0.324 e. The van der Waals surface area contributed by atoms with Crippen LogP contribution >= 0.6 is 11.6 Å². The van der Waals surface area contributed by atoms with Gasteiger partial charge in [0.25, 0.3) is 0 Å². The first-order valence-corrected chi connectivity index (χ1v) is 4.63. The van der Waals surface area contributed by atoms with Crippen LogP contribution in [-0.2, 0) is 0 Å². The average Bonchev–Trinajstić information content (AvgIpc) is 2.17. The Morgan fingerprint density at radius 3 is 2.93 bits per heavy atom. The molecule has 0 spiro atoms.